The molecule has 146 valence electrons. The van der Waals surface area contributed by atoms with Crippen LogP contribution in [-0.4, -0.2) is 54.2 Å². The number of carbonyl (C=O) groups is 1. The summed E-state index contributed by atoms with van der Waals surface area (Å²) in [4.78, 5) is 15.8. The normalized spacial score (nSPS) is 20.0. The SMILES string of the molecule is CCCCCCCCCCCCC1=NCC[N+]1(CCCO)CC(=O)[O-]. The van der Waals surface area contributed by atoms with E-state index in [1.807, 2.05) is 0 Å². The van der Waals surface area contributed by atoms with Crippen LogP contribution in [-0.2, 0) is 4.79 Å². The van der Waals surface area contributed by atoms with Crippen LogP contribution in [0, 0.1) is 0 Å². The van der Waals surface area contributed by atoms with Crippen molar-refractivity contribution < 1.29 is 19.5 Å². The molecule has 0 aromatic carbocycles. The molecule has 0 aromatic rings. The van der Waals surface area contributed by atoms with Crippen molar-refractivity contribution in [3.8, 4) is 0 Å². The summed E-state index contributed by atoms with van der Waals surface area (Å²) in [6, 6.07) is 0. The van der Waals surface area contributed by atoms with Crippen LogP contribution in [0.25, 0.3) is 0 Å². The summed E-state index contributed by atoms with van der Waals surface area (Å²) in [7, 11) is 0. The average molecular weight is 355 g/mol. The van der Waals surface area contributed by atoms with Crippen LogP contribution in [0.15, 0.2) is 4.99 Å². The third-order valence-corrected chi connectivity index (χ3v) is 5.30. The van der Waals surface area contributed by atoms with E-state index in [9.17, 15) is 9.90 Å². The van der Waals surface area contributed by atoms with Crippen molar-refractivity contribution in [2.24, 2.45) is 4.99 Å². The van der Waals surface area contributed by atoms with Gasteiger partial charge in [-0.25, -0.2) is 4.99 Å². The second kappa shape index (κ2) is 13.3. The molecule has 0 fully saturated rings. The Bertz CT molecular complexity index is 398. The van der Waals surface area contributed by atoms with Gasteiger partial charge in [0.2, 0.25) is 0 Å². The quantitative estimate of drug-likeness (QED) is 0.342. The molecule has 1 unspecified atom stereocenters. The lowest BCUT2D eigenvalue weighted by Crippen LogP contribution is -2.57. The second-order valence-electron chi connectivity index (χ2n) is 7.43. The van der Waals surface area contributed by atoms with Crippen molar-refractivity contribution in [1.82, 2.24) is 0 Å². The maximum Gasteiger partial charge on any atom is 0.198 e. The van der Waals surface area contributed by atoms with Crippen LogP contribution in [0.5, 0.6) is 0 Å². The fourth-order valence-corrected chi connectivity index (χ4v) is 3.85. The van der Waals surface area contributed by atoms with Crippen LogP contribution in [0.4, 0.5) is 0 Å². The van der Waals surface area contributed by atoms with E-state index in [4.69, 9.17) is 5.11 Å². The maximum atomic E-state index is 11.2. The van der Waals surface area contributed by atoms with Gasteiger partial charge in [-0.15, -0.1) is 0 Å². The lowest BCUT2D eigenvalue weighted by Gasteiger charge is -2.35. The molecular weight excluding hydrogens is 316 g/mol. The molecule has 1 N–H and O–H groups in total. The fraction of sp³-hybridized carbons (Fsp3) is 0.900. The topological polar surface area (TPSA) is 72.7 Å². The van der Waals surface area contributed by atoms with Gasteiger partial charge in [0.15, 0.2) is 5.84 Å². The van der Waals surface area contributed by atoms with Crippen molar-refractivity contribution >= 4 is 11.8 Å². The summed E-state index contributed by atoms with van der Waals surface area (Å²) in [5.74, 6) is -0.00664. The van der Waals surface area contributed by atoms with Crippen LogP contribution in [0.2, 0.25) is 0 Å². The van der Waals surface area contributed by atoms with Gasteiger partial charge in [0, 0.05) is 19.4 Å². The number of carboxylic acid groups (broad SMARTS) is 1. The molecule has 1 rings (SSSR count). The van der Waals surface area contributed by atoms with Gasteiger partial charge < -0.3 is 15.0 Å². The molecule has 1 aliphatic heterocycles. The lowest BCUT2D eigenvalue weighted by molar-refractivity contribution is -0.831. The molecule has 0 radical (unpaired) electrons. The number of hydrogen-bond donors (Lipinski definition) is 1. The summed E-state index contributed by atoms with van der Waals surface area (Å²) in [6.07, 6.45) is 14.5. The number of aliphatic imine (C=N–C) groups is 1. The highest BCUT2D eigenvalue weighted by molar-refractivity contribution is 5.79. The van der Waals surface area contributed by atoms with Crippen LogP contribution in [0.1, 0.15) is 84.0 Å². The number of hydrogen-bond acceptors (Lipinski definition) is 4. The summed E-state index contributed by atoms with van der Waals surface area (Å²) < 4.78 is 0.403. The Labute approximate surface area is 153 Å². The van der Waals surface area contributed by atoms with E-state index >= 15 is 0 Å². The first kappa shape index (κ1) is 22.1. The van der Waals surface area contributed by atoms with Crippen molar-refractivity contribution in [1.29, 1.82) is 0 Å². The monoisotopic (exact) mass is 354 g/mol. The second-order valence-corrected chi connectivity index (χ2v) is 7.43. The Morgan fingerprint density at radius 1 is 1.04 bits per heavy atom. The van der Waals surface area contributed by atoms with Gasteiger partial charge in [0.25, 0.3) is 0 Å². The Morgan fingerprint density at radius 2 is 1.64 bits per heavy atom. The zero-order chi connectivity index (χ0) is 18.4. The highest BCUT2D eigenvalue weighted by atomic mass is 16.4. The first-order valence-corrected chi connectivity index (χ1v) is 10.4. The Balaban J connectivity index is 2.22. The molecular formula is C20H38N2O3. The molecule has 0 aliphatic carbocycles. The molecule has 0 saturated heterocycles. The highest BCUT2D eigenvalue weighted by Gasteiger charge is 2.37. The minimum Gasteiger partial charge on any atom is -0.544 e. The molecule has 0 bridgehead atoms. The zero-order valence-corrected chi connectivity index (χ0v) is 16.2. The Kier molecular flexibility index (Phi) is 11.7. The predicted molar refractivity (Wildman–Crippen MR) is 100 cm³/mol. The highest BCUT2D eigenvalue weighted by Crippen LogP contribution is 2.21. The molecule has 0 spiro atoms. The standard InChI is InChI=1S/C20H38N2O3/c1-2-3-4-5-6-7-8-9-10-11-13-19-21-14-16-22(19,15-12-17-23)18-20(24)25/h23H,2-18H2,1H3. The number of amidine groups is 1. The molecule has 25 heavy (non-hydrogen) atoms. The van der Waals surface area contributed by atoms with Gasteiger partial charge >= 0.3 is 0 Å². The zero-order valence-electron chi connectivity index (χ0n) is 16.2. The number of unbranched alkanes of at least 4 members (excludes halogenated alkanes) is 9. The molecule has 1 atom stereocenters. The smallest absolute Gasteiger partial charge is 0.198 e. The number of carboxylic acids is 1. The van der Waals surface area contributed by atoms with Crippen molar-refractivity contribution in [3.63, 3.8) is 0 Å². The number of aliphatic hydroxyl groups excluding tert-OH is 1. The van der Waals surface area contributed by atoms with Crippen molar-refractivity contribution in [2.75, 3.05) is 32.8 Å². The number of rotatable bonds is 16. The third kappa shape index (κ3) is 8.82. The van der Waals surface area contributed by atoms with Crippen molar-refractivity contribution in [3.05, 3.63) is 0 Å². The summed E-state index contributed by atoms with van der Waals surface area (Å²) >= 11 is 0. The molecule has 0 saturated carbocycles. The average Bonchev–Trinajstić information content (AvgIpc) is 2.96. The third-order valence-electron chi connectivity index (χ3n) is 5.30. The van der Waals surface area contributed by atoms with E-state index in [1.165, 1.54) is 57.8 Å². The first-order valence-electron chi connectivity index (χ1n) is 10.4. The fourth-order valence-electron chi connectivity index (χ4n) is 3.85. The van der Waals surface area contributed by atoms with Gasteiger partial charge in [-0.3, -0.25) is 4.48 Å². The molecule has 5 nitrogen and oxygen atoms in total. The maximum absolute atomic E-state index is 11.2. The Hall–Kier alpha value is -0.940. The van der Waals surface area contributed by atoms with Gasteiger partial charge in [0.05, 0.1) is 19.1 Å². The minimum atomic E-state index is -1.02. The van der Waals surface area contributed by atoms with Gasteiger partial charge in [-0.1, -0.05) is 64.7 Å². The van der Waals surface area contributed by atoms with E-state index in [2.05, 4.69) is 11.9 Å². The van der Waals surface area contributed by atoms with E-state index in [0.717, 1.165) is 25.2 Å². The van der Waals surface area contributed by atoms with Gasteiger partial charge in [-0.05, 0) is 6.42 Å². The first-order chi connectivity index (χ1) is 12.1. The number of aliphatic carboxylic acids is 1. The Morgan fingerprint density at radius 3 is 2.20 bits per heavy atom. The molecule has 0 aromatic heterocycles. The molecule has 5 heteroatoms. The minimum absolute atomic E-state index is 0.00338. The van der Waals surface area contributed by atoms with E-state index in [1.54, 1.807) is 0 Å². The lowest BCUT2D eigenvalue weighted by atomic mass is 10.1. The predicted octanol–water partition coefficient (Wildman–Crippen LogP) is 2.66. The molecule has 1 heterocycles. The van der Waals surface area contributed by atoms with Crippen LogP contribution >= 0.6 is 0 Å². The van der Waals surface area contributed by atoms with Crippen molar-refractivity contribution in [2.45, 2.75) is 84.0 Å². The van der Waals surface area contributed by atoms with Crippen LogP contribution < -0.4 is 5.11 Å². The van der Waals surface area contributed by atoms with E-state index in [-0.39, 0.29) is 13.2 Å². The number of nitrogens with zero attached hydrogens (tertiary/aromatic N) is 2. The van der Waals surface area contributed by atoms with Crippen LogP contribution in [0.3, 0.4) is 0 Å². The van der Waals surface area contributed by atoms with Gasteiger partial charge in [-0.2, -0.15) is 0 Å². The number of carbonyl (C=O) groups excluding carboxylic acids is 1. The summed E-state index contributed by atoms with van der Waals surface area (Å²) in [5, 5.41) is 20.3. The number of aliphatic hydroxyl groups is 1. The summed E-state index contributed by atoms with van der Waals surface area (Å²) in [5.41, 5.74) is 0. The van der Waals surface area contributed by atoms with E-state index in [0.29, 0.717) is 24.0 Å². The molecule has 1 aliphatic rings. The molecule has 0 amide bonds. The van der Waals surface area contributed by atoms with Gasteiger partial charge in [0.1, 0.15) is 13.1 Å². The summed E-state index contributed by atoms with van der Waals surface area (Å²) in [6.45, 7) is 4.43. The largest absolute Gasteiger partial charge is 0.544 e. The number of quaternary nitrogens is 1. The van der Waals surface area contributed by atoms with E-state index < -0.39 is 5.97 Å².